The standard InChI is InChI=1S/C21H22N2O4S2/c1-3-27-18-9-7-17(8-10-18)23-29(25,26)19-6-4-5-16(13-19)21(24)22-14-20-15(2)11-12-28-20/h4-13,23H,3,14H2,1-2H3,(H,22,24). The molecule has 0 aliphatic rings. The van der Waals surface area contributed by atoms with E-state index in [1.807, 2.05) is 25.3 Å². The van der Waals surface area contributed by atoms with Crippen molar-refractivity contribution in [3.8, 4) is 5.75 Å². The highest BCUT2D eigenvalue weighted by atomic mass is 32.2. The number of rotatable bonds is 8. The van der Waals surface area contributed by atoms with Crippen LogP contribution in [0.3, 0.4) is 0 Å². The number of nitrogens with one attached hydrogen (secondary N) is 2. The Kier molecular flexibility index (Phi) is 6.56. The third-order valence-corrected chi connectivity index (χ3v) is 6.60. The van der Waals surface area contributed by atoms with Crippen molar-refractivity contribution in [3.05, 3.63) is 76.0 Å². The van der Waals surface area contributed by atoms with Crippen molar-refractivity contribution >= 4 is 33.0 Å². The minimum atomic E-state index is -3.83. The maximum absolute atomic E-state index is 12.7. The molecule has 2 aromatic carbocycles. The van der Waals surface area contributed by atoms with Gasteiger partial charge in [-0.1, -0.05) is 6.07 Å². The van der Waals surface area contributed by atoms with Gasteiger partial charge in [0.05, 0.1) is 18.0 Å². The van der Waals surface area contributed by atoms with Crippen molar-refractivity contribution in [2.75, 3.05) is 11.3 Å². The van der Waals surface area contributed by atoms with E-state index in [4.69, 9.17) is 4.74 Å². The molecule has 1 heterocycles. The van der Waals surface area contributed by atoms with Crippen LogP contribution in [0.15, 0.2) is 64.9 Å². The second kappa shape index (κ2) is 9.11. The van der Waals surface area contributed by atoms with Crippen LogP contribution < -0.4 is 14.8 Å². The lowest BCUT2D eigenvalue weighted by Gasteiger charge is -2.11. The van der Waals surface area contributed by atoms with E-state index < -0.39 is 10.0 Å². The molecule has 3 aromatic rings. The molecule has 6 nitrogen and oxygen atoms in total. The molecule has 0 fully saturated rings. The van der Waals surface area contributed by atoms with Gasteiger partial charge in [-0.3, -0.25) is 9.52 Å². The maximum atomic E-state index is 12.7. The SMILES string of the molecule is CCOc1ccc(NS(=O)(=O)c2cccc(C(=O)NCc3sccc3C)c2)cc1. The van der Waals surface area contributed by atoms with E-state index in [-0.39, 0.29) is 16.4 Å². The van der Waals surface area contributed by atoms with Gasteiger partial charge in [-0.2, -0.15) is 0 Å². The molecule has 0 unspecified atom stereocenters. The molecule has 152 valence electrons. The first kappa shape index (κ1) is 20.9. The summed E-state index contributed by atoms with van der Waals surface area (Å²) in [6, 6.07) is 14.6. The summed E-state index contributed by atoms with van der Waals surface area (Å²) in [6.07, 6.45) is 0. The van der Waals surface area contributed by atoms with Gasteiger partial charge in [0.25, 0.3) is 15.9 Å². The molecule has 0 aliphatic carbocycles. The number of carbonyl (C=O) groups excluding carboxylic acids is 1. The Hall–Kier alpha value is -2.84. The Morgan fingerprint density at radius 2 is 1.86 bits per heavy atom. The van der Waals surface area contributed by atoms with Crippen LogP contribution in [0.2, 0.25) is 0 Å². The number of thiophene rings is 1. The molecule has 1 amide bonds. The number of aryl methyl sites for hydroxylation is 1. The van der Waals surface area contributed by atoms with Crippen LogP contribution in [-0.2, 0) is 16.6 Å². The van der Waals surface area contributed by atoms with Crippen LogP contribution in [-0.4, -0.2) is 20.9 Å². The summed E-state index contributed by atoms with van der Waals surface area (Å²) in [5.74, 6) is 0.339. The summed E-state index contributed by atoms with van der Waals surface area (Å²) in [7, 11) is -3.83. The zero-order valence-corrected chi connectivity index (χ0v) is 17.8. The monoisotopic (exact) mass is 430 g/mol. The molecule has 0 saturated carbocycles. The van der Waals surface area contributed by atoms with Crippen LogP contribution in [0.5, 0.6) is 5.75 Å². The van der Waals surface area contributed by atoms with E-state index in [1.165, 1.54) is 12.1 Å². The third kappa shape index (κ3) is 5.36. The van der Waals surface area contributed by atoms with E-state index >= 15 is 0 Å². The summed E-state index contributed by atoms with van der Waals surface area (Å²) >= 11 is 1.57. The van der Waals surface area contributed by atoms with Gasteiger partial charge >= 0.3 is 0 Å². The molecular weight excluding hydrogens is 408 g/mol. The molecule has 0 atom stereocenters. The first-order chi connectivity index (χ1) is 13.9. The van der Waals surface area contributed by atoms with Gasteiger partial charge in [0.1, 0.15) is 5.75 Å². The topological polar surface area (TPSA) is 84.5 Å². The predicted molar refractivity (Wildman–Crippen MR) is 115 cm³/mol. The van der Waals surface area contributed by atoms with Crippen molar-refractivity contribution in [2.45, 2.75) is 25.3 Å². The Morgan fingerprint density at radius 1 is 1.10 bits per heavy atom. The second-order valence-electron chi connectivity index (χ2n) is 6.30. The quantitative estimate of drug-likeness (QED) is 0.561. The third-order valence-electron chi connectivity index (χ3n) is 4.20. The highest BCUT2D eigenvalue weighted by Crippen LogP contribution is 2.20. The van der Waals surface area contributed by atoms with Crippen LogP contribution in [0.25, 0.3) is 0 Å². The Balaban J connectivity index is 1.71. The maximum Gasteiger partial charge on any atom is 0.261 e. The highest BCUT2D eigenvalue weighted by Gasteiger charge is 2.17. The lowest BCUT2D eigenvalue weighted by Crippen LogP contribution is -2.23. The van der Waals surface area contributed by atoms with Gasteiger partial charge < -0.3 is 10.1 Å². The van der Waals surface area contributed by atoms with Gasteiger partial charge in [0.15, 0.2) is 0 Å². The van der Waals surface area contributed by atoms with Crippen LogP contribution >= 0.6 is 11.3 Å². The van der Waals surface area contributed by atoms with Crippen molar-refractivity contribution in [2.24, 2.45) is 0 Å². The number of anilines is 1. The summed E-state index contributed by atoms with van der Waals surface area (Å²) in [5.41, 5.74) is 1.82. The molecule has 0 radical (unpaired) electrons. The number of hydrogen-bond donors (Lipinski definition) is 2. The van der Waals surface area contributed by atoms with Crippen molar-refractivity contribution in [3.63, 3.8) is 0 Å². The molecule has 3 rings (SSSR count). The summed E-state index contributed by atoms with van der Waals surface area (Å²) in [6.45, 7) is 4.80. The second-order valence-corrected chi connectivity index (χ2v) is 8.98. The first-order valence-electron chi connectivity index (χ1n) is 9.06. The average molecular weight is 431 g/mol. The number of sulfonamides is 1. The fourth-order valence-corrected chi connectivity index (χ4v) is 4.60. The normalized spacial score (nSPS) is 11.1. The number of hydrogen-bond acceptors (Lipinski definition) is 5. The van der Waals surface area contributed by atoms with Crippen LogP contribution in [0, 0.1) is 6.92 Å². The summed E-state index contributed by atoms with van der Waals surface area (Å²) in [5, 5.41) is 4.80. The largest absolute Gasteiger partial charge is 0.494 e. The van der Waals surface area contributed by atoms with Crippen LogP contribution in [0.1, 0.15) is 27.7 Å². The lowest BCUT2D eigenvalue weighted by molar-refractivity contribution is 0.0951. The number of benzene rings is 2. The molecular formula is C21H22N2O4S2. The molecule has 29 heavy (non-hydrogen) atoms. The van der Waals surface area contributed by atoms with E-state index in [2.05, 4.69) is 10.0 Å². The van der Waals surface area contributed by atoms with Gasteiger partial charge in [-0.25, -0.2) is 8.42 Å². The van der Waals surface area contributed by atoms with E-state index in [0.29, 0.717) is 24.6 Å². The van der Waals surface area contributed by atoms with Gasteiger partial charge in [0.2, 0.25) is 0 Å². The number of amides is 1. The molecule has 0 aliphatic heterocycles. The zero-order chi connectivity index (χ0) is 20.9. The lowest BCUT2D eigenvalue weighted by atomic mass is 10.2. The Labute approximate surface area is 174 Å². The van der Waals surface area contributed by atoms with E-state index in [9.17, 15) is 13.2 Å². The van der Waals surface area contributed by atoms with Gasteiger partial charge in [-0.15, -0.1) is 11.3 Å². The minimum Gasteiger partial charge on any atom is -0.494 e. The molecule has 0 saturated heterocycles. The number of ether oxygens (including phenoxy) is 1. The first-order valence-corrected chi connectivity index (χ1v) is 11.4. The molecule has 0 bridgehead atoms. The van der Waals surface area contributed by atoms with Crippen LogP contribution in [0.4, 0.5) is 5.69 Å². The van der Waals surface area contributed by atoms with Gasteiger partial charge in [0, 0.05) is 16.1 Å². The van der Waals surface area contributed by atoms with Crippen molar-refractivity contribution in [1.82, 2.24) is 5.32 Å². The fourth-order valence-electron chi connectivity index (χ4n) is 2.65. The smallest absolute Gasteiger partial charge is 0.261 e. The highest BCUT2D eigenvalue weighted by molar-refractivity contribution is 7.92. The molecule has 0 spiro atoms. The van der Waals surface area contributed by atoms with Crippen molar-refractivity contribution in [1.29, 1.82) is 0 Å². The fraction of sp³-hybridized carbons (Fsp3) is 0.190. The Bertz CT molecular complexity index is 1090. The van der Waals surface area contributed by atoms with Gasteiger partial charge in [-0.05, 0) is 73.3 Å². The minimum absolute atomic E-state index is 0.0198. The summed E-state index contributed by atoms with van der Waals surface area (Å²) < 4.78 is 33.3. The predicted octanol–water partition coefficient (Wildman–Crippen LogP) is 4.19. The molecule has 1 aromatic heterocycles. The molecule has 8 heteroatoms. The summed E-state index contributed by atoms with van der Waals surface area (Å²) in [4.78, 5) is 13.5. The van der Waals surface area contributed by atoms with E-state index in [0.717, 1.165) is 10.4 Å². The molecule has 2 N–H and O–H groups in total. The Morgan fingerprint density at radius 3 is 2.52 bits per heavy atom. The van der Waals surface area contributed by atoms with E-state index in [1.54, 1.807) is 47.7 Å². The van der Waals surface area contributed by atoms with Crippen molar-refractivity contribution < 1.29 is 17.9 Å². The number of carbonyl (C=O) groups is 1. The average Bonchev–Trinajstić information content (AvgIpc) is 3.12. The zero-order valence-electron chi connectivity index (χ0n) is 16.1.